The number of nitrogens with zero attached hydrogens (tertiary/aromatic N) is 1. The van der Waals surface area contributed by atoms with Gasteiger partial charge in [0.1, 0.15) is 12.4 Å². The molecule has 1 aliphatic rings. The average Bonchev–Trinajstić information content (AvgIpc) is 2.96. The predicted molar refractivity (Wildman–Crippen MR) is 120 cm³/mol. The van der Waals surface area contributed by atoms with Crippen LogP contribution in [-0.2, 0) is 13.1 Å². The van der Waals surface area contributed by atoms with Crippen LogP contribution in [0.4, 0.5) is 0 Å². The van der Waals surface area contributed by atoms with Crippen LogP contribution in [0.5, 0.6) is 17.2 Å². The van der Waals surface area contributed by atoms with Crippen molar-refractivity contribution in [1.82, 2.24) is 4.90 Å². The van der Waals surface area contributed by atoms with E-state index in [0.29, 0.717) is 13.2 Å². The van der Waals surface area contributed by atoms with Gasteiger partial charge >= 0.3 is 0 Å². The van der Waals surface area contributed by atoms with E-state index in [4.69, 9.17) is 14.2 Å². The summed E-state index contributed by atoms with van der Waals surface area (Å²) in [5, 5.41) is 0. The highest BCUT2D eigenvalue weighted by atomic mass is 16.5. The summed E-state index contributed by atoms with van der Waals surface area (Å²) in [6.07, 6.45) is 0. The van der Waals surface area contributed by atoms with Crippen molar-refractivity contribution in [3.8, 4) is 28.4 Å². The van der Waals surface area contributed by atoms with Gasteiger partial charge in [0.25, 0.3) is 0 Å². The number of fused-ring (bicyclic) bond motifs is 1. The lowest BCUT2D eigenvalue weighted by Crippen LogP contribution is -2.25. The highest BCUT2D eigenvalue weighted by Crippen LogP contribution is 2.39. The Morgan fingerprint density at radius 3 is 2.60 bits per heavy atom. The second kappa shape index (κ2) is 9.23. The summed E-state index contributed by atoms with van der Waals surface area (Å²) in [6.45, 7) is 7.91. The molecule has 0 spiro atoms. The van der Waals surface area contributed by atoms with Crippen LogP contribution in [0, 0.1) is 6.92 Å². The quantitative estimate of drug-likeness (QED) is 0.547. The van der Waals surface area contributed by atoms with Crippen LogP contribution in [0.15, 0.2) is 60.7 Å². The van der Waals surface area contributed by atoms with Crippen LogP contribution < -0.4 is 14.2 Å². The number of ether oxygens (including phenoxy) is 3. The van der Waals surface area contributed by atoms with Gasteiger partial charge in [0, 0.05) is 30.8 Å². The molecule has 4 heteroatoms. The van der Waals surface area contributed by atoms with E-state index < -0.39 is 0 Å². The molecule has 0 radical (unpaired) electrons. The number of rotatable bonds is 6. The Labute approximate surface area is 179 Å². The van der Waals surface area contributed by atoms with E-state index in [1.165, 1.54) is 16.7 Å². The normalized spacial score (nSPS) is 13.8. The molecular formula is C26H29NO3. The Morgan fingerprint density at radius 2 is 1.80 bits per heavy atom. The van der Waals surface area contributed by atoms with Crippen molar-refractivity contribution in [2.75, 3.05) is 26.9 Å². The van der Waals surface area contributed by atoms with E-state index in [9.17, 15) is 0 Å². The van der Waals surface area contributed by atoms with Crippen LogP contribution in [0.25, 0.3) is 11.1 Å². The minimum atomic E-state index is 0.629. The maximum absolute atomic E-state index is 6.14. The van der Waals surface area contributed by atoms with Gasteiger partial charge in [-0.1, -0.05) is 42.5 Å². The van der Waals surface area contributed by atoms with Gasteiger partial charge in [-0.3, -0.25) is 4.90 Å². The second-order valence-electron chi connectivity index (χ2n) is 7.58. The lowest BCUT2D eigenvalue weighted by atomic mass is 9.97. The standard InChI is InChI=1S/C26H29NO3/c1-4-29-24-12-8-6-10-20(24)17-27-13-14-30-26-22(18-27)15-21(16-25(26)28-3)23-11-7-5-9-19(23)2/h5-12,15-16H,4,13-14,17-18H2,1-3H3. The molecule has 0 N–H and O–H groups in total. The molecule has 0 aliphatic carbocycles. The first-order valence-electron chi connectivity index (χ1n) is 10.5. The number of hydrogen-bond acceptors (Lipinski definition) is 4. The van der Waals surface area contributed by atoms with Crippen molar-refractivity contribution in [3.05, 3.63) is 77.4 Å². The maximum Gasteiger partial charge on any atom is 0.165 e. The van der Waals surface area contributed by atoms with E-state index >= 15 is 0 Å². The molecule has 1 aliphatic heterocycles. The molecule has 0 atom stereocenters. The molecule has 1 heterocycles. The Bertz CT molecular complexity index is 1010. The monoisotopic (exact) mass is 403 g/mol. The second-order valence-corrected chi connectivity index (χ2v) is 7.58. The number of methoxy groups -OCH3 is 1. The molecule has 0 saturated heterocycles. The third-order valence-electron chi connectivity index (χ3n) is 5.52. The van der Waals surface area contributed by atoms with E-state index in [0.717, 1.165) is 48.0 Å². The van der Waals surface area contributed by atoms with Crippen molar-refractivity contribution >= 4 is 0 Å². The van der Waals surface area contributed by atoms with Gasteiger partial charge in [-0.15, -0.1) is 0 Å². The highest BCUT2D eigenvalue weighted by Gasteiger charge is 2.21. The smallest absolute Gasteiger partial charge is 0.165 e. The SMILES string of the molecule is CCOc1ccccc1CN1CCOc2c(cc(-c3ccccc3C)cc2OC)C1. The van der Waals surface area contributed by atoms with Gasteiger partial charge in [0.2, 0.25) is 0 Å². The van der Waals surface area contributed by atoms with Crippen molar-refractivity contribution in [2.24, 2.45) is 0 Å². The van der Waals surface area contributed by atoms with Gasteiger partial charge in [0.05, 0.1) is 13.7 Å². The van der Waals surface area contributed by atoms with Crippen LogP contribution >= 0.6 is 0 Å². The van der Waals surface area contributed by atoms with Gasteiger partial charge < -0.3 is 14.2 Å². The number of hydrogen-bond donors (Lipinski definition) is 0. The summed E-state index contributed by atoms with van der Waals surface area (Å²) >= 11 is 0. The van der Waals surface area contributed by atoms with E-state index in [1.54, 1.807) is 7.11 Å². The minimum absolute atomic E-state index is 0.629. The van der Waals surface area contributed by atoms with Crippen LogP contribution in [0.2, 0.25) is 0 Å². The summed E-state index contributed by atoms with van der Waals surface area (Å²) in [7, 11) is 1.71. The predicted octanol–water partition coefficient (Wildman–Crippen LogP) is 5.46. The van der Waals surface area contributed by atoms with Gasteiger partial charge in [0.15, 0.2) is 11.5 Å². The Morgan fingerprint density at radius 1 is 1.00 bits per heavy atom. The summed E-state index contributed by atoms with van der Waals surface area (Å²) < 4.78 is 17.7. The fraction of sp³-hybridized carbons (Fsp3) is 0.308. The first-order valence-corrected chi connectivity index (χ1v) is 10.5. The van der Waals surface area contributed by atoms with Crippen LogP contribution in [0.1, 0.15) is 23.6 Å². The summed E-state index contributed by atoms with van der Waals surface area (Å²) in [4.78, 5) is 2.41. The van der Waals surface area contributed by atoms with Crippen molar-refractivity contribution < 1.29 is 14.2 Å². The molecule has 3 aromatic carbocycles. The third kappa shape index (κ3) is 4.29. The molecule has 4 nitrogen and oxygen atoms in total. The summed E-state index contributed by atoms with van der Waals surface area (Å²) in [5.41, 5.74) is 5.97. The Balaban J connectivity index is 1.67. The summed E-state index contributed by atoms with van der Waals surface area (Å²) in [5.74, 6) is 2.61. The Kier molecular flexibility index (Phi) is 6.24. The van der Waals surface area contributed by atoms with E-state index in [-0.39, 0.29) is 0 Å². The topological polar surface area (TPSA) is 30.9 Å². The fourth-order valence-electron chi connectivity index (χ4n) is 4.05. The zero-order valence-corrected chi connectivity index (χ0v) is 18.0. The molecule has 0 bridgehead atoms. The number of benzene rings is 3. The first-order chi connectivity index (χ1) is 14.7. The number of aryl methyl sites for hydroxylation is 1. The lowest BCUT2D eigenvalue weighted by molar-refractivity contribution is 0.213. The molecule has 0 fully saturated rings. The molecule has 156 valence electrons. The number of para-hydroxylation sites is 1. The minimum Gasteiger partial charge on any atom is -0.494 e. The fourth-order valence-corrected chi connectivity index (χ4v) is 4.05. The lowest BCUT2D eigenvalue weighted by Gasteiger charge is -2.21. The van der Waals surface area contributed by atoms with E-state index in [2.05, 4.69) is 60.4 Å². The molecule has 30 heavy (non-hydrogen) atoms. The van der Waals surface area contributed by atoms with Crippen molar-refractivity contribution in [2.45, 2.75) is 26.9 Å². The zero-order valence-electron chi connectivity index (χ0n) is 18.0. The largest absolute Gasteiger partial charge is 0.494 e. The summed E-state index contributed by atoms with van der Waals surface area (Å²) in [6, 6.07) is 21.0. The highest BCUT2D eigenvalue weighted by molar-refractivity contribution is 5.72. The molecule has 0 unspecified atom stereocenters. The molecule has 0 aromatic heterocycles. The van der Waals surface area contributed by atoms with Crippen molar-refractivity contribution in [3.63, 3.8) is 0 Å². The van der Waals surface area contributed by atoms with E-state index in [1.807, 2.05) is 19.1 Å². The average molecular weight is 404 g/mol. The van der Waals surface area contributed by atoms with Gasteiger partial charge in [-0.2, -0.15) is 0 Å². The maximum atomic E-state index is 6.14. The van der Waals surface area contributed by atoms with Crippen molar-refractivity contribution in [1.29, 1.82) is 0 Å². The third-order valence-corrected chi connectivity index (χ3v) is 5.52. The molecular weight excluding hydrogens is 374 g/mol. The zero-order chi connectivity index (χ0) is 20.9. The van der Waals surface area contributed by atoms with Gasteiger partial charge in [-0.25, -0.2) is 0 Å². The van der Waals surface area contributed by atoms with Crippen LogP contribution in [0.3, 0.4) is 0 Å². The molecule has 0 amide bonds. The molecule has 3 aromatic rings. The first kappa shape index (κ1) is 20.3. The van der Waals surface area contributed by atoms with Crippen LogP contribution in [-0.4, -0.2) is 31.8 Å². The van der Waals surface area contributed by atoms with Gasteiger partial charge in [-0.05, 0) is 48.7 Å². The molecule has 4 rings (SSSR count). The Hall–Kier alpha value is -2.98. The molecule has 0 saturated carbocycles.